The summed E-state index contributed by atoms with van der Waals surface area (Å²) in [4.78, 5) is 17.8. The predicted molar refractivity (Wildman–Crippen MR) is 27.1 cm³/mol. The van der Waals surface area contributed by atoms with Crippen molar-refractivity contribution in [1.29, 1.82) is 0 Å². The van der Waals surface area contributed by atoms with Gasteiger partial charge in [0.25, 0.3) is 0 Å². The van der Waals surface area contributed by atoms with Gasteiger partial charge < -0.3 is 32.2 Å². The van der Waals surface area contributed by atoms with Gasteiger partial charge in [-0.1, -0.05) is 0 Å². The minimum atomic E-state index is -1.08. The first-order valence-electron chi connectivity index (χ1n) is 1.82. The molecule has 0 spiro atoms. The van der Waals surface area contributed by atoms with E-state index in [0.717, 1.165) is 13.8 Å². The Labute approximate surface area is 83.8 Å². The number of carboxylic acid groups (broad SMARTS) is 2. The summed E-state index contributed by atoms with van der Waals surface area (Å²) in [6.07, 6.45) is 0. The van der Waals surface area contributed by atoms with Crippen LogP contribution >= 0.6 is 0 Å². The van der Waals surface area contributed by atoms with Crippen molar-refractivity contribution in [2.75, 3.05) is 0 Å². The fraction of sp³-hybridized carbons (Fsp3) is 0.500. The van der Waals surface area contributed by atoms with E-state index in [4.69, 9.17) is 19.8 Å². The smallest absolute Gasteiger partial charge is 1.00 e. The maximum absolute atomic E-state index is 8.89. The number of halogens is 1. The molecule has 0 saturated heterocycles. The van der Waals surface area contributed by atoms with E-state index in [1.165, 1.54) is 0 Å². The number of hydrogen-bond acceptors (Lipinski definition) is 4. The first-order valence-corrected chi connectivity index (χ1v) is 1.82. The normalized spacial score (nSPS) is 5.00. The average Bonchev–Trinajstić information content (AvgIpc) is 1.25. The number of aliphatic carboxylic acids is 2. The summed E-state index contributed by atoms with van der Waals surface area (Å²) in [5, 5.41) is 17.8. The Bertz CT molecular complexity index is 75.3. The van der Waals surface area contributed by atoms with Gasteiger partial charge in [0.15, 0.2) is 0 Å². The summed E-state index contributed by atoms with van der Waals surface area (Å²) in [5.41, 5.74) is 0. The molecule has 0 radical (unpaired) electrons. The monoisotopic (exact) mass is 268 g/mol. The van der Waals surface area contributed by atoms with Crippen molar-refractivity contribution >= 4 is 37.8 Å². The molecule has 0 rings (SSSR count). The van der Waals surface area contributed by atoms with Gasteiger partial charge in [-0.05, 0) is 13.8 Å². The summed E-state index contributed by atoms with van der Waals surface area (Å²) >= 11 is 0. The topological polar surface area (TPSA) is 80.3 Å². The van der Waals surface area contributed by atoms with Gasteiger partial charge in [0.2, 0.25) is 0 Å². The molecule has 0 amide bonds. The summed E-state index contributed by atoms with van der Waals surface area (Å²) in [7, 11) is 0. The van der Waals surface area contributed by atoms with Crippen molar-refractivity contribution in [2.24, 2.45) is 0 Å². The quantitative estimate of drug-likeness (QED) is 0.438. The molecule has 0 aliphatic carbocycles. The predicted octanol–water partition coefficient (Wildman–Crippen LogP) is -5.86. The van der Waals surface area contributed by atoms with Crippen LogP contribution < -0.4 is 22.6 Å². The number of hydrogen-bond donors (Lipinski definition) is 0. The molecule has 0 N–H and O–H groups in total. The number of carboxylic acids is 2. The van der Waals surface area contributed by atoms with Crippen LogP contribution in [0, 0.1) is 0 Å². The van der Waals surface area contributed by atoms with Crippen LogP contribution in [0.4, 0.5) is 0 Å². The Kier molecular flexibility index (Phi) is 36.1. The van der Waals surface area contributed by atoms with Crippen molar-refractivity contribution in [3.8, 4) is 0 Å². The van der Waals surface area contributed by atoms with E-state index in [0.29, 0.717) is 0 Å². The van der Waals surface area contributed by atoms with E-state index in [9.17, 15) is 0 Å². The third kappa shape index (κ3) is 40700. The van der Waals surface area contributed by atoms with Crippen molar-refractivity contribution in [2.45, 2.75) is 13.8 Å². The van der Waals surface area contributed by atoms with Gasteiger partial charge in [0, 0.05) is 11.9 Å². The summed E-state index contributed by atoms with van der Waals surface area (Å²) in [6.45, 7) is 1.94. The number of carbonyl (C=O) groups is 2. The van der Waals surface area contributed by atoms with Gasteiger partial charge >= 0.3 is 25.8 Å². The summed E-state index contributed by atoms with van der Waals surface area (Å²) < 4.78 is 0. The Balaban J connectivity index is -0.0000000300. The molecule has 6 heteroatoms. The van der Waals surface area contributed by atoms with Crippen LogP contribution in [0.15, 0.2) is 0 Å². The molecule has 0 fully saturated rings. The standard InChI is InChI=1S/2C2H4O2.ClH.In/c2*1-2(3)4;;/h2*1H3,(H,3,4);1H;/q;;;+3/p-3. The van der Waals surface area contributed by atoms with Crippen LogP contribution in [0.1, 0.15) is 13.8 Å². The van der Waals surface area contributed by atoms with Gasteiger partial charge in [-0.25, -0.2) is 0 Å². The second kappa shape index (κ2) is 16.0. The number of carbonyl (C=O) groups excluding carboxylic acids is 2. The molecule has 0 saturated carbocycles. The van der Waals surface area contributed by atoms with Crippen molar-refractivity contribution < 1.29 is 32.2 Å². The van der Waals surface area contributed by atoms with Crippen LogP contribution in [0.2, 0.25) is 0 Å². The zero-order valence-electron chi connectivity index (χ0n) is 5.59. The maximum Gasteiger partial charge on any atom is 3.00 e. The molecule has 0 bridgehead atoms. The number of rotatable bonds is 0. The second-order valence-corrected chi connectivity index (χ2v) is 0.983. The van der Waals surface area contributed by atoms with Gasteiger partial charge in [-0.3, -0.25) is 0 Å². The van der Waals surface area contributed by atoms with E-state index in [-0.39, 0.29) is 38.3 Å². The first kappa shape index (κ1) is 22.5. The molecular weight excluding hydrogens is 262 g/mol. The molecule has 0 aromatic carbocycles. The van der Waals surface area contributed by atoms with E-state index in [1.54, 1.807) is 0 Å². The molecule has 0 unspecified atom stereocenters. The maximum atomic E-state index is 8.89. The fourth-order valence-electron chi connectivity index (χ4n) is 0. The molecule has 4 nitrogen and oxygen atoms in total. The van der Waals surface area contributed by atoms with Gasteiger partial charge in [-0.15, -0.1) is 0 Å². The largest absolute Gasteiger partial charge is 3.00 e. The molecule has 0 aliphatic heterocycles. The minimum Gasteiger partial charge on any atom is -1.00 e. The molecular formula is C4H6ClInO4. The third-order valence-corrected chi connectivity index (χ3v) is 0. The van der Waals surface area contributed by atoms with Crippen molar-refractivity contribution in [3.63, 3.8) is 0 Å². The second-order valence-electron chi connectivity index (χ2n) is 0.983. The van der Waals surface area contributed by atoms with E-state index < -0.39 is 11.9 Å². The first-order chi connectivity index (χ1) is 3.46. The van der Waals surface area contributed by atoms with Gasteiger partial charge in [0.1, 0.15) is 0 Å². The molecule has 0 heterocycles. The third-order valence-electron chi connectivity index (χ3n) is 0. The molecule has 56 valence electrons. The van der Waals surface area contributed by atoms with Crippen LogP contribution in [0.25, 0.3) is 0 Å². The molecule has 0 aliphatic rings. The van der Waals surface area contributed by atoms with Crippen LogP contribution in [0.3, 0.4) is 0 Å². The van der Waals surface area contributed by atoms with Crippen molar-refractivity contribution in [1.82, 2.24) is 0 Å². The SMILES string of the molecule is CC(=O)[O-].CC(=O)[O-].[Cl-].[In+3]. The van der Waals surface area contributed by atoms with Gasteiger partial charge in [0.05, 0.1) is 0 Å². The van der Waals surface area contributed by atoms with Crippen LogP contribution in [-0.2, 0) is 9.59 Å². The average molecular weight is 268 g/mol. The zero-order valence-corrected chi connectivity index (χ0v) is 9.64. The van der Waals surface area contributed by atoms with E-state index in [1.807, 2.05) is 0 Å². The van der Waals surface area contributed by atoms with Gasteiger partial charge in [-0.2, -0.15) is 0 Å². The zero-order chi connectivity index (χ0) is 7.15. The van der Waals surface area contributed by atoms with E-state index in [2.05, 4.69) is 0 Å². The summed E-state index contributed by atoms with van der Waals surface area (Å²) in [5.74, 6) is -2.17. The molecule has 0 aromatic heterocycles. The Morgan fingerprint density at radius 1 is 1.00 bits per heavy atom. The van der Waals surface area contributed by atoms with E-state index >= 15 is 0 Å². The van der Waals surface area contributed by atoms with Crippen LogP contribution in [-0.4, -0.2) is 37.8 Å². The minimum absolute atomic E-state index is 0. The van der Waals surface area contributed by atoms with Crippen LogP contribution in [0.5, 0.6) is 0 Å². The Morgan fingerprint density at radius 2 is 1.00 bits per heavy atom. The molecule has 0 atom stereocenters. The summed E-state index contributed by atoms with van der Waals surface area (Å²) in [6, 6.07) is 0. The fourth-order valence-corrected chi connectivity index (χ4v) is 0. The van der Waals surface area contributed by atoms with Crippen molar-refractivity contribution in [3.05, 3.63) is 0 Å². The molecule has 0 aromatic rings. The Morgan fingerprint density at radius 3 is 1.00 bits per heavy atom. The molecule has 10 heavy (non-hydrogen) atoms. The Hall–Kier alpha value is 0.100.